The van der Waals surface area contributed by atoms with Crippen LogP contribution in [0.5, 0.6) is 0 Å². The molecule has 0 aliphatic heterocycles. The van der Waals surface area contributed by atoms with Gasteiger partial charge in [-0.15, -0.1) is 0 Å². The first-order valence-corrected chi connectivity index (χ1v) is 4.40. The monoisotopic (exact) mass is 187 g/mol. The molecule has 0 rings (SSSR count). The molecule has 3 N–H and O–H groups in total. The first-order valence-electron chi connectivity index (χ1n) is 4.40. The van der Waals surface area contributed by atoms with Crippen molar-refractivity contribution in [3.05, 3.63) is 0 Å². The van der Waals surface area contributed by atoms with E-state index in [-0.39, 0.29) is 18.5 Å². The number of nitrogens with two attached hydrogens (primary N) is 1. The summed E-state index contributed by atoms with van der Waals surface area (Å²) in [5, 5.41) is 2.85. The van der Waals surface area contributed by atoms with Crippen LogP contribution < -0.4 is 11.1 Å². The van der Waals surface area contributed by atoms with E-state index in [2.05, 4.69) is 15.0 Å². The minimum absolute atomic E-state index is 0.0175. The van der Waals surface area contributed by atoms with E-state index in [1.807, 2.05) is 6.92 Å². The van der Waals surface area contributed by atoms with E-state index >= 15 is 0 Å². The van der Waals surface area contributed by atoms with Gasteiger partial charge in [0.15, 0.2) is 5.96 Å². The van der Waals surface area contributed by atoms with Crippen molar-refractivity contribution in [2.24, 2.45) is 10.7 Å². The van der Waals surface area contributed by atoms with Gasteiger partial charge in [0.1, 0.15) is 6.54 Å². The number of nitrogens with one attached hydrogen (secondary N) is 1. The van der Waals surface area contributed by atoms with Crippen molar-refractivity contribution in [2.45, 2.75) is 20.3 Å². The maximum Gasteiger partial charge on any atom is 0.327 e. The molecule has 0 aliphatic carbocycles. The maximum absolute atomic E-state index is 10.8. The molecule has 0 fully saturated rings. The van der Waals surface area contributed by atoms with Crippen LogP contribution in [0.15, 0.2) is 4.99 Å². The van der Waals surface area contributed by atoms with Gasteiger partial charge in [0.05, 0.1) is 6.61 Å². The van der Waals surface area contributed by atoms with Gasteiger partial charge in [-0.25, -0.2) is 4.99 Å². The summed E-state index contributed by atoms with van der Waals surface area (Å²) in [5.74, 6) is -0.0707. The number of nitrogens with zero attached hydrogens (tertiary/aromatic N) is 1. The number of hydrogen-bond acceptors (Lipinski definition) is 3. The molecule has 0 unspecified atom stereocenters. The Kier molecular flexibility index (Phi) is 6.68. The molecule has 5 heteroatoms. The molecule has 0 heterocycles. The number of ether oxygens (including phenoxy) is 1. The summed E-state index contributed by atoms with van der Waals surface area (Å²) in [5.41, 5.74) is 5.44. The van der Waals surface area contributed by atoms with Crippen LogP contribution in [-0.4, -0.2) is 31.6 Å². The third-order valence-corrected chi connectivity index (χ3v) is 1.24. The molecule has 0 aromatic heterocycles. The lowest BCUT2D eigenvalue weighted by Crippen LogP contribution is -2.32. The van der Waals surface area contributed by atoms with E-state index in [4.69, 9.17) is 5.73 Å². The molecule has 0 atom stereocenters. The van der Waals surface area contributed by atoms with Gasteiger partial charge >= 0.3 is 5.97 Å². The van der Waals surface area contributed by atoms with Crippen molar-refractivity contribution >= 4 is 11.9 Å². The minimum Gasteiger partial charge on any atom is -0.465 e. The van der Waals surface area contributed by atoms with Crippen molar-refractivity contribution in [2.75, 3.05) is 19.7 Å². The van der Waals surface area contributed by atoms with Gasteiger partial charge in [-0.1, -0.05) is 6.92 Å². The van der Waals surface area contributed by atoms with E-state index in [1.165, 1.54) is 0 Å². The van der Waals surface area contributed by atoms with Gasteiger partial charge in [0.2, 0.25) is 0 Å². The highest BCUT2D eigenvalue weighted by Gasteiger charge is 1.98. The summed E-state index contributed by atoms with van der Waals surface area (Å²) in [4.78, 5) is 14.6. The molecule has 5 nitrogen and oxygen atoms in total. The van der Waals surface area contributed by atoms with Crippen molar-refractivity contribution in [1.82, 2.24) is 5.32 Å². The molecule has 76 valence electrons. The first kappa shape index (κ1) is 11.7. The number of hydrogen-bond donors (Lipinski definition) is 2. The standard InChI is InChI=1S/C8H17N3O2/c1-3-5-10-8(9)11-6-7(12)13-4-2/h3-6H2,1-2H3,(H3,9,10,11). The molecule has 0 amide bonds. The summed E-state index contributed by atoms with van der Waals surface area (Å²) in [7, 11) is 0. The van der Waals surface area contributed by atoms with E-state index in [9.17, 15) is 4.79 Å². The molecule has 13 heavy (non-hydrogen) atoms. The largest absolute Gasteiger partial charge is 0.465 e. The molecule has 0 saturated heterocycles. The Bertz CT molecular complexity index is 180. The van der Waals surface area contributed by atoms with Gasteiger partial charge in [-0.3, -0.25) is 4.79 Å². The van der Waals surface area contributed by atoms with E-state index in [0.29, 0.717) is 6.61 Å². The summed E-state index contributed by atoms with van der Waals surface area (Å²) in [6, 6.07) is 0. The van der Waals surface area contributed by atoms with Crippen molar-refractivity contribution < 1.29 is 9.53 Å². The summed E-state index contributed by atoms with van der Waals surface area (Å²) >= 11 is 0. The van der Waals surface area contributed by atoms with Gasteiger partial charge in [-0.2, -0.15) is 0 Å². The van der Waals surface area contributed by atoms with E-state index < -0.39 is 0 Å². The maximum atomic E-state index is 10.8. The fourth-order valence-corrected chi connectivity index (χ4v) is 0.665. The van der Waals surface area contributed by atoms with Crippen LogP contribution in [-0.2, 0) is 9.53 Å². The zero-order valence-electron chi connectivity index (χ0n) is 8.17. The average molecular weight is 187 g/mol. The van der Waals surface area contributed by atoms with Gasteiger partial charge in [0.25, 0.3) is 0 Å². The molecule has 0 spiro atoms. The molecule has 0 bridgehead atoms. The van der Waals surface area contributed by atoms with Crippen LogP contribution in [0.2, 0.25) is 0 Å². The Labute approximate surface area is 78.4 Å². The Balaban J connectivity index is 3.62. The highest BCUT2D eigenvalue weighted by Crippen LogP contribution is 1.79. The normalized spacial score (nSPS) is 11.1. The Morgan fingerprint density at radius 2 is 2.23 bits per heavy atom. The molecule has 0 saturated carbocycles. The zero-order chi connectivity index (χ0) is 10.1. The third-order valence-electron chi connectivity index (χ3n) is 1.24. The van der Waals surface area contributed by atoms with Crippen LogP contribution in [0.1, 0.15) is 20.3 Å². The second-order valence-corrected chi connectivity index (χ2v) is 2.43. The second kappa shape index (κ2) is 7.39. The predicted molar refractivity (Wildman–Crippen MR) is 51.4 cm³/mol. The topological polar surface area (TPSA) is 76.7 Å². The number of carbonyl (C=O) groups is 1. The van der Waals surface area contributed by atoms with Crippen LogP contribution in [0, 0.1) is 0 Å². The summed E-state index contributed by atoms with van der Waals surface area (Å²) in [6.07, 6.45) is 0.968. The van der Waals surface area contributed by atoms with Crippen LogP contribution in [0.3, 0.4) is 0 Å². The summed E-state index contributed by atoms with van der Waals surface area (Å²) < 4.78 is 4.67. The lowest BCUT2D eigenvalue weighted by molar-refractivity contribution is -0.141. The molecule has 0 radical (unpaired) electrons. The lowest BCUT2D eigenvalue weighted by atomic mass is 10.5. The van der Waals surface area contributed by atoms with Crippen molar-refractivity contribution in [3.63, 3.8) is 0 Å². The number of guanidine groups is 1. The number of rotatable bonds is 5. The molecule has 0 aromatic carbocycles. The highest BCUT2D eigenvalue weighted by atomic mass is 16.5. The van der Waals surface area contributed by atoms with Crippen LogP contribution in [0.25, 0.3) is 0 Å². The summed E-state index contributed by atoms with van der Waals surface area (Å²) in [6.45, 7) is 4.89. The number of aliphatic imine (C=N–C) groups is 1. The van der Waals surface area contributed by atoms with Crippen molar-refractivity contribution in [1.29, 1.82) is 0 Å². The van der Waals surface area contributed by atoms with Crippen molar-refractivity contribution in [3.8, 4) is 0 Å². The SMILES string of the molecule is CCCNC(N)=NCC(=O)OCC. The molecule has 0 aromatic rings. The van der Waals surface area contributed by atoms with Gasteiger partial charge in [-0.05, 0) is 13.3 Å². The minimum atomic E-state index is -0.358. The molecular weight excluding hydrogens is 170 g/mol. The number of esters is 1. The fraction of sp³-hybridized carbons (Fsp3) is 0.750. The zero-order valence-corrected chi connectivity index (χ0v) is 8.17. The van der Waals surface area contributed by atoms with Gasteiger partial charge < -0.3 is 15.8 Å². The fourth-order valence-electron chi connectivity index (χ4n) is 0.665. The second-order valence-electron chi connectivity index (χ2n) is 2.43. The Hall–Kier alpha value is -1.26. The average Bonchev–Trinajstić information content (AvgIpc) is 2.12. The smallest absolute Gasteiger partial charge is 0.327 e. The van der Waals surface area contributed by atoms with Crippen LogP contribution >= 0.6 is 0 Å². The Morgan fingerprint density at radius 1 is 1.54 bits per heavy atom. The van der Waals surface area contributed by atoms with E-state index in [1.54, 1.807) is 6.92 Å². The lowest BCUT2D eigenvalue weighted by Gasteiger charge is -2.02. The van der Waals surface area contributed by atoms with Crippen LogP contribution in [0.4, 0.5) is 0 Å². The number of carbonyl (C=O) groups excluding carboxylic acids is 1. The molecule has 0 aliphatic rings. The highest BCUT2D eigenvalue weighted by molar-refractivity contribution is 5.81. The first-order chi connectivity index (χ1) is 6.20. The molecular formula is C8H17N3O2. The Morgan fingerprint density at radius 3 is 2.77 bits per heavy atom. The van der Waals surface area contributed by atoms with Gasteiger partial charge in [0, 0.05) is 6.54 Å². The third kappa shape index (κ3) is 7.11. The quantitative estimate of drug-likeness (QED) is 0.357. The predicted octanol–water partition coefficient (Wildman–Crippen LogP) is -0.136. The van der Waals surface area contributed by atoms with E-state index in [0.717, 1.165) is 13.0 Å².